The molecule has 0 radical (unpaired) electrons. The molecule has 1 N–H and O–H groups in total. The molecule has 21 heavy (non-hydrogen) atoms. The van der Waals surface area contributed by atoms with E-state index in [0.717, 1.165) is 18.5 Å². The molecule has 0 aliphatic heterocycles. The van der Waals surface area contributed by atoms with Crippen LogP contribution in [0.2, 0.25) is 5.02 Å². The van der Waals surface area contributed by atoms with E-state index in [1.165, 1.54) is 11.1 Å². The van der Waals surface area contributed by atoms with Gasteiger partial charge in [0.2, 0.25) is 0 Å². The minimum absolute atomic E-state index is 0.316. The fraction of sp³-hybridized carbons (Fsp3) is 0.278. The van der Waals surface area contributed by atoms with Crippen molar-refractivity contribution in [2.45, 2.75) is 32.7 Å². The molecule has 0 aromatic heterocycles. The lowest BCUT2D eigenvalue weighted by Gasteiger charge is -2.16. The van der Waals surface area contributed by atoms with Gasteiger partial charge in [0, 0.05) is 6.04 Å². The van der Waals surface area contributed by atoms with E-state index >= 15 is 0 Å². The molecule has 1 unspecified atom stereocenters. The van der Waals surface area contributed by atoms with E-state index in [0.29, 0.717) is 16.6 Å². The smallest absolute Gasteiger partial charge is 0.0992 e. The second kappa shape index (κ2) is 7.15. The first-order valence-electron chi connectivity index (χ1n) is 7.10. The van der Waals surface area contributed by atoms with Crippen molar-refractivity contribution in [1.29, 1.82) is 5.26 Å². The molecule has 0 saturated heterocycles. The van der Waals surface area contributed by atoms with E-state index in [9.17, 15) is 0 Å². The number of nitrogens with one attached hydrogen (secondary N) is 1. The normalized spacial score (nSPS) is 11.7. The van der Waals surface area contributed by atoms with Gasteiger partial charge in [-0.15, -0.1) is 0 Å². The highest BCUT2D eigenvalue weighted by Gasteiger charge is 2.07. The number of nitriles is 1. The Kier molecular flexibility index (Phi) is 5.25. The number of halogens is 1. The molecule has 2 nitrogen and oxygen atoms in total. The van der Waals surface area contributed by atoms with Gasteiger partial charge >= 0.3 is 0 Å². The molecular formula is C18H19ClN2. The zero-order valence-electron chi connectivity index (χ0n) is 12.4. The first-order valence-corrected chi connectivity index (χ1v) is 7.48. The van der Waals surface area contributed by atoms with Crippen molar-refractivity contribution >= 4 is 17.3 Å². The Balaban J connectivity index is 1.93. The van der Waals surface area contributed by atoms with Gasteiger partial charge in [0.05, 0.1) is 22.3 Å². The van der Waals surface area contributed by atoms with Crippen LogP contribution in [0.1, 0.15) is 30.0 Å². The molecule has 0 saturated carbocycles. The van der Waals surface area contributed by atoms with Crippen LogP contribution in [0.15, 0.2) is 42.5 Å². The maximum absolute atomic E-state index is 8.84. The van der Waals surface area contributed by atoms with Crippen molar-refractivity contribution in [1.82, 2.24) is 0 Å². The van der Waals surface area contributed by atoms with Crippen LogP contribution >= 0.6 is 11.6 Å². The second-order valence-electron chi connectivity index (χ2n) is 5.38. The number of hydrogen-bond acceptors (Lipinski definition) is 2. The third-order valence-corrected chi connectivity index (χ3v) is 3.76. The van der Waals surface area contributed by atoms with Crippen molar-refractivity contribution in [3.05, 3.63) is 64.2 Å². The minimum Gasteiger partial charge on any atom is -0.381 e. The first-order chi connectivity index (χ1) is 10.1. The van der Waals surface area contributed by atoms with E-state index < -0.39 is 0 Å². The molecule has 0 spiro atoms. The van der Waals surface area contributed by atoms with Crippen molar-refractivity contribution in [2.24, 2.45) is 0 Å². The molecule has 3 heteroatoms. The SMILES string of the molecule is Cc1cccc(CCC(C)Nc2ccc(C#N)cc2Cl)c1. The van der Waals surface area contributed by atoms with Crippen LogP contribution in [-0.2, 0) is 6.42 Å². The highest BCUT2D eigenvalue weighted by atomic mass is 35.5. The predicted octanol–water partition coefficient (Wildman–Crippen LogP) is 4.95. The van der Waals surface area contributed by atoms with Gasteiger partial charge in [-0.1, -0.05) is 41.4 Å². The van der Waals surface area contributed by atoms with Gasteiger partial charge < -0.3 is 5.32 Å². The van der Waals surface area contributed by atoms with E-state index in [2.05, 4.69) is 49.5 Å². The lowest BCUT2D eigenvalue weighted by molar-refractivity contribution is 0.706. The lowest BCUT2D eigenvalue weighted by Crippen LogP contribution is -2.16. The van der Waals surface area contributed by atoms with E-state index in [4.69, 9.17) is 16.9 Å². The molecule has 2 aromatic carbocycles. The van der Waals surface area contributed by atoms with Gasteiger partial charge in [0.1, 0.15) is 0 Å². The fourth-order valence-electron chi connectivity index (χ4n) is 2.29. The summed E-state index contributed by atoms with van der Waals surface area (Å²) in [4.78, 5) is 0. The summed E-state index contributed by atoms with van der Waals surface area (Å²) in [6.45, 7) is 4.26. The quantitative estimate of drug-likeness (QED) is 0.847. The van der Waals surface area contributed by atoms with Gasteiger partial charge in [-0.3, -0.25) is 0 Å². The number of benzene rings is 2. The number of nitrogens with zero attached hydrogens (tertiary/aromatic N) is 1. The highest BCUT2D eigenvalue weighted by molar-refractivity contribution is 6.33. The zero-order chi connectivity index (χ0) is 15.2. The predicted molar refractivity (Wildman–Crippen MR) is 88.8 cm³/mol. The van der Waals surface area contributed by atoms with Gasteiger partial charge in [-0.25, -0.2) is 0 Å². The van der Waals surface area contributed by atoms with E-state index in [1.807, 2.05) is 6.07 Å². The van der Waals surface area contributed by atoms with Crippen LogP contribution in [0.3, 0.4) is 0 Å². The Morgan fingerprint density at radius 1 is 1.24 bits per heavy atom. The van der Waals surface area contributed by atoms with Crippen molar-refractivity contribution in [3.8, 4) is 6.07 Å². The Morgan fingerprint density at radius 3 is 2.71 bits per heavy atom. The largest absolute Gasteiger partial charge is 0.381 e. The van der Waals surface area contributed by atoms with Gasteiger partial charge in [-0.2, -0.15) is 5.26 Å². The molecule has 108 valence electrons. The van der Waals surface area contributed by atoms with Crippen LogP contribution in [0.5, 0.6) is 0 Å². The van der Waals surface area contributed by atoms with Crippen molar-refractivity contribution in [3.63, 3.8) is 0 Å². The molecule has 0 fully saturated rings. The van der Waals surface area contributed by atoms with Crippen LogP contribution in [0.25, 0.3) is 0 Å². The lowest BCUT2D eigenvalue weighted by atomic mass is 10.0. The maximum atomic E-state index is 8.84. The minimum atomic E-state index is 0.316. The Bertz CT molecular complexity index is 659. The van der Waals surface area contributed by atoms with Crippen LogP contribution in [0, 0.1) is 18.3 Å². The van der Waals surface area contributed by atoms with Crippen LogP contribution < -0.4 is 5.32 Å². The fourth-order valence-corrected chi connectivity index (χ4v) is 2.53. The molecule has 0 heterocycles. The molecule has 2 aromatic rings. The molecule has 1 atom stereocenters. The summed E-state index contributed by atoms with van der Waals surface area (Å²) < 4.78 is 0. The van der Waals surface area contributed by atoms with E-state index in [-0.39, 0.29) is 0 Å². The third-order valence-electron chi connectivity index (χ3n) is 3.45. The summed E-state index contributed by atoms with van der Waals surface area (Å²) in [5.74, 6) is 0. The topological polar surface area (TPSA) is 35.8 Å². The van der Waals surface area contributed by atoms with Crippen LogP contribution in [-0.4, -0.2) is 6.04 Å². The standard InChI is InChI=1S/C18H19ClN2/c1-13-4-3-5-15(10-13)7-6-14(2)21-18-9-8-16(12-20)11-17(18)19/h3-5,8-11,14,21H,6-7H2,1-2H3. The van der Waals surface area contributed by atoms with Crippen LogP contribution in [0.4, 0.5) is 5.69 Å². The average Bonchev–Trinajstić information content (AvgIpc) is 2.47. The maximum Gasteiger partial charge on any atom is 0.0992 e. The Hall–Kier alpha value is -1.98. The summed E-state index contributed by atoms with van der Waals surface area (Å²) >= 11 is 6.18. The summed E-state index contributed by atoms with van der Waals surface area (Å²) in [5, 5.41) is 12.8. The summed E-state index contributed by atoms with van der Waals surface area (Å²) in [5.41, 5.74) is 4.11. The zero-order valence-corrected chi connectivity index (χ0v) is 13.1. The van der Waals surface area contributed by atoms with Gasteiger partial charge in [-0.05, 0) is 50.5 Å². The summed E-state index contributed by atoms with van der Waals surface area (Å²) in [6.07, 6.45) is 2.06. The number of hydrogen-bond donors (Lipinski definition) is 1. The molecule has 0 bridgehead atoms. The number of anilines is 1. The van der Waals surface area contributed by atoms with Gasteiger partial charge in [0.15, 0.2) is 0 Å². The third kappa shape index (κ3) is 4.51. The molecule has 0 amide bonds. The number of rotatable bonds is 5. The summed E-state index contributed by atoms with van der Waals surface area (Å²) in [6, 6.07) is 16.3. The Labute approximate surface area is 131 Å². The van der Waals surface area contributed by atoms with Crippen molar-refractivity contribution < 1.29 is 0 Å². The molecule has 0 aliphatic carbocycles. The highest BCUT2D eigenvalue weighted by Crippen LogP contribution is 2.24. The number of aryl methyl sites for hydroxylation is 2. The molecule has 2 rings (SSSR count). The average molecular weight is 299 g/mol. The molecule has 0 aliphatic rings. The van der Waals surface area contributed by atoms with E-state index in [1.54, 1.807) is 12.1 Å². The Morgan fingerprint density at radius 2 is 2.05 bits per heavy atom. The van der Waals surface area contributed by atoms with Crippen molar-refractivity contribution in [2.75, 3.05) is 5.32 Å². The first kappa shape index (κ1) is 15.4. The summed E-state index contributed by atoms with van der Waals surface area (Å²) in [7, 11) is 0. The monoisotopic (exact) mass is 298 g/mol. The van der Waals surface area contributed by atoms with Gasteiger partial charge in [0.25, 0.3) is 0 Å². The molecular weight excluding hydrogens is 280 g/mol. The second-order valence-corrected chi connectivity index (χ2v) is 5.79.